The number of ether oxygens (including phenoxy) is 2. The first-order chi connectivity index (χ1) is 13.7. The minimum Gasteiger partial charge on any atom is -0.489 e. The summed E-state index contributed by atoms with van der Waals surface area (Å²) in [5, 5.41) is 4.76. The van der Waals surface area contributed by atoms with Crippen LogP contribution in [0.1, 0.15) is 33.4 Å². The summed E-state index contributed by atoms with van der Waals surface area (Å²) in [4.78, 5) is 16.6. The van der Waals surface area contributed by atoms with Gasteiger partial charge in [0.05, 0.1) is 19.0 Å². The molecule has 0 radical (unpaired) electrons. The van der Waals surface area contributed by atoms with Crippen molar-refractivity contribution in [2.24, 2.45) is 5.10 Å². The molecule has 28 heavy (non-hydrogen) atoms. The number of carbonyl (C=O) groups is 1. The number of benzene rings is 2. The summed E-state index contributed by atoms with van der Waals surface area (Å²) < 4.78 is 10.6. The van der Waals surface area contributed by atoms with Gasteiger partial charge in [-0.2, -0.15) is 5.10 Å². The fraction of sp³-hybridized carbons (Fsp3) is 0.190. The molecule has 1 heterocycles. The van der Waals surface area contributed by atoms with E-state index in [0.717, 1.165) is 16.9 Å². The van der Waals surface area contributed by atoms with Crippen LogP contribution in [0, 0.1) is 0 Å². The zero-order chi connectivity index (χ0) is 19.8. The number of hydrazone groups is 1. The summed E-state index contributed by atoms with van der Waals surface area (Å²) in [6.45, 7) is 2.45. The van der Waals surface area contributed by atoms with Crippen molar-refractivity contribution in [3.8, 4) is 5.75 Å². The van der Waals surface area contributed by atoms with Crippen LogP contribution < -0.4 is 10.2 Å². The highest BCUT2D eigenvalue weighted by molar-refractivity contribution is 7.17. The summed E-state index contributed by atoms with van der Waals surface area (Å²) in [5.74, 6) is 0.387. The molecule has 0 aliphatic carbocycles. The summed E-state index contributed by atoms with van der Waals surface area (Å²) in [6.07, 6.45) is 2.33. The molecule has 0 unspecified atom stereocenters. The van der Waals surface area contributed by atoms with Crippen molar-refractivity contribution in [1.82, 2.24) is 4.98 Å². The van der Waals surface area contributed by atoms with Gasteiger partial charge in [-0.25, -0.2) is 9.78 Å². The van der Waals surface area contributed by atoms with Gasteiger partial charge in [0.1, 0.15) is 17.2 Å². The molecule has 3 aromatic rings. The van der Waals surface area contributed by atoms with E-state index in [9.17, 15) is 4.79 Å². The SMILES string of the molecule is CCc1nc(N/N=C\c2cccc(OCc3ccccc3)c2)sc1C(=O)OC. The zero-order valence-electron chi connectivity index (χ0n) is 15.7. The van der Waals surface area contributed by atoms with Crippen LogP contribution in [-0.2, 0) is 17.8 Å². The van der Waals surface area contributed by atoms with Crippen LogP contribution in [0.5, 0.6) is 5.75 Å². The highest BCUT2D eigenvalue weighted by Gasteiger charge is 2.17. The predicted octanol–water partition coefficient (Wildman–Crippen LogP) is 4.52. The third-order valence-corrected chi connectivity index (χ3v) is 4.87. The normalized spacial score (nSPS) is 10.8. The topological polar surface area (TPSA) is 72.8 Å². The molecule has 0 amide bonds. The Labute approximate surface area is 167 Å². The lowest BCUT2D eigenvalue weighted by Gasteiger charge is -2.06. The molecule has 0 saturated carbocycles. The molecular weight excluding hydrogens is 374 g/mol. The average molecular weight is 395 g/mol. The fourth-order valence-electron chi connectivity index (χ4n) is 2.48. The van der Waals surface area contributed by atoms with Crippen molar-refractivity contribution in [2.75, 3.05) is 12.5 Å². The van der Waals surface area contributed by atoms with Crippen LogP contribution in [0.15, 0.2) is 59.7 Å². The molecule has 0 aliphatic rings. The van der Waals surface area contributed by atoms with Crippen molar-refractivity contribution < 1.29 is 14.3 Å². The molecule has 0 atom stereocenters. The van der Waals surface area contributed by atoms with Crippen molar-refractivity contribution in [1.29, 1.82) is 0 Å². The molecule has 0 aliphatic heterocycles. The number of hydrogen-bond donors (Lipinski definition) is 1. The lowest BCUT2D eigenvalue weighted by atomic mass is 10.2. The van der Waals surface area contributed by atoms with Gasteiger partial charge in [-0.05, 0) is 29.7 Å². The van der Waals surface area contributed by atoms with E-state index in [1.165, 1.54) is 18.4 Å². The van der Waals surface area contributed by atoms with E-state index < -0.39 is 0 Å². The van der Waals surface area contributed by atoms with Gasteiger partial charge in [-0.15, -0.1) is 0 Å². The summed E-state index contributed by atoms with van der Waals surface area (Å²) in [5.41, 5.74) is 5.57. The maximum absolute atomic E-state index is 11.8. The van der Waals surface area contributed by atoms with E-state index in [0.29, 0.717) is 28.7 Å². The number of anilines is 1. The van der Waals surface area contributed by atoms with Crippen LogP contribution in [0.2, 0.25) is 0 Å². The van der Waals surface area contributed by atoms with Crippen molar-refractivity contribution >= 4 is 28.7 Å². The van der Waals surface area contributed by atoms with Crippen LogP contribution in [0.3, 0.4) is 0 Å². The van der Waals surface area contributed by atoms with Gasteiger partial charge in [-0.3, -0.25) is 5.43 Å². The largest absolute Gasteiger partial charge is 0.489 e. The molecule has 2 aromatic carbocycles. The molecule has 0 bridgehead atoms. The van der Waals surface area contributed by atoms with Crippen LogP contribution in [-0.4, -0.2) is 24.3 Å². The molecule has 1 aromatic heterocycles. The predicted molar refractivity (Wildman–Crippen MR) is 111 cm³/mol. The first kappa shape index (κ1) is 19.6. The van der Waals surface area contributed by atoms with Gasteiger partial charge in [0.2, 0.25) is 5.13 Å². The Morgan fingerprint density at radius 2 is 2.04 bits per heavy atom. The maximum Gasteiger partial charge on any atom is 0.350 e. The first-order valence-corrected chi connectivity index (χ1v) is 9.65. The molecule has 1 N–H and O–H groups in total. The maximum atomic E-state index is 11.8. The van der Waals surface area contributed by atoms with Gasteiger partial charge >= 0.3 is 5.97 Å². The number of carbonyl (C=O) groups excluding carboxylic acids is 1. The highest BCUT2D eigenvalue weighted by atomic mass is 32.1. The number of aryl methyl sites for hydroxylation is 1. The number of nitrogens with one attached hydrogen (secondary N) is 1. The molecule has 3 rings (SSSR count). The van der Waals surface area contributed by atoms with E-state index in [-0.39, 0.29) is 5.97 Å². The van der Waals surface area contributed by atoms with E-state index in [1.807, 2.05) is 61.5 Å². The number of esters is 1. The monoisotopic (exact) mass is 395 g/mol. The number of nitrogens with zero attached hydrogens (tertiary/aromatic N) is 2. The second kappa shape index (κ2) is 9.66. The number of aromatic nitrogens is 1. The highest BCUT2D eigenvalue weighted by Crippen LogP contribution is 2.24. The summed E-state index contributed by atoms with van der Waals surface area (Å²) in [7, 11) is 1.36. The Hall–Kier alpha value is -3.19. The number of methoxy groups -OCH3 is 1. The molecule has 0 saturated heterocycles. The smallest absolute Gasteiger partial charge is 0.350 e. The Balaban J connectivity index is 1.61. The van der Waals surface area contributed by atoms with Crippen LogP contribution in [0.25, 0.3) is 0 Å². The van der Waals surface area contributed by atoms with Crippen LogP contribution >= 0.6 is 11.3 Å². The molecule has 7 heteroatoms. The van der Waals surface area contributed by atoms with Crippen molar-refractivity contribution in [3.05, 3.63) is 76.3 Å². The minimum atomic E-state index is -0.380. The zero-order valence-corrected chi connectivity index (χ0v) is 16.5. The lowest BCUT2D eigenvalue weighted by molar-refractivity contribution is 0.0605. The van der Waals surface area contributed by atoms with Gasteiger partial charge < -0.3 is 9.47 Å². The average Bonchev–Trinajstić information content (AvgIpc) is 3.16. The quantitative estimate of drug-likeness (QED) is 0.345. The lowest BCUT2D eigenvalue weighted by Crippen LogP contribution is -2.01. The van der Waals surface area contributed by atoms with Gasteiger partial charge in [0.15, 0.2) is 0 Å². The van der Waals surface area contributed by atoms with E-state index in [2.05, 4.69) is 15.5 Å². The number of thiazole rings is 1. The van der Waals surface area contributed by atoms with Crippen LogP contribution in [0.4, 0.5) is 5.13 Å². The fourth-order valence-corrected chi connectivity index (χ4v) is 3.40. The molecular formula is C21H21N3O3S. The Bertz CT molecular complexity index is 955. The second-order valence-electron chi connectivity index (χ2n) is 5.86. The molecule has 6 nitrogen and oxygen atoms in total. The van der Waals surface area contributed by atoms with Crippen molar-refractivity contribution in [3.63, 3.8) is 0 Å². The Morgan fingerprint density at radius 1 is 1.21 bits per heavy atom. The minimum absolute atomic E-state index is 0.380. The first-order valence-electron chi connectivity index (χ1n) is 8.83. The van der Waals surface area contributed by atoms with E-state index in [4.69, 9.17) is 9.47 Å². The van der Waals surface area contributed by atoms with Gasteiger partial charge in [0.25, 0.3) is 0 Å². The molecule has 0 fully saturated rings. The number of hydrogen-bond acceptors (Lipinski definition) is 7. The third-order valence-electron chi connectivity index (χ3n) is 3.88. The second-order valence-corrected chi connectivity index (χ2v) is 6.86. The van der Waals surface area contributed by atoms with Gasteiger partial charge in [-0.1, -0.05) is 60.7 Å². The van der Waals surface area contributed by atoms with Gasteiger partial charge in [0, 0.05) is 0 Å². The standard InChI is InChI=1S/C21H21N3O3S/c1-3-18-19(20(25)26-2)28-21(23-18)24-22-13-16-10-7-11-17(12-16)27-14-15-8-5-4-6-9-15/h4-13H,3,14H2,1-2H3,(H,23,24)/b22-13-. The van der Waals surface area contributed by atoms with Crippen molar-refractivity contribution in [2.45, 2.75) is 20.0 Å². The number of rotatable bonds is 8. The Kier molecular flexibility index (Phi) is 6.75. The molecule has 0 spiro atoms. The Morgan fingerprint density at radius 3 is 2.79 bits per heavy atom. The molecule has 144 valence electrons. The van der Waals surface area contributed by atoms with E-state index >= 15 is 0 Å². The third kappa shape index (κ3) is 5.17. The summed E-state index contributed by atoms with van der Waals surface area (Å²) in [6, 6.07) is 17.7. The summed E-state index contributed by atoms with van der Waals surface area (Å²) >= 11 is 1.23. The van der Waals surface area contributed by atoms with E-state index in [1.54, 1.807) is 6.21 Å².